The summed E-state index contributed by atoms with van der Waals surface area (Å²) in [6.07, 6.45) is 13.6. The first-order valence-corrected chi connectivity index (χ1v) is 16.9. The summed E-state index contributed by atoms with van der Waals surface area (Å²) in [7, 11) is 0. The Labute approximate surface area is 274 Å². The monoisotopic (exact) mass is 644 g/mol. The van der Waals surface area contributed by atoms with Crippen LogP contribution in [0.5, 0.6) is 0 Å². The maximum absolute atomic E-state index is 12.5. The van der Waals surface area contributed by atoms with Gasteiger partial charge in [-0.1, -0.05) is 11.5 Å². The number of carboxylic acids is 1. The maximum atomic E-state index is 12.5. The van der Waals surface area contributed by atoms with Crippen molar-refractivity contribution in [1.29, 1.82) is 0 Å². The number of likely N-dealkylation sites (tertiary alicyclic amines) is 1. The Bertz CT molecular complexity index is 1510. The van der Waals surface area contributed by atoms with Gasteiger partial charge in [-0.2, -0.15) is 10.2 Å². The normalized spacial score (nSPS) is 26.9. The topological polar surface area (TPSA) is 172 Å². The van der Waals surface area contributed by atoms with Crippen molar-refractivity contribution < 1.29 is 9.90 Å². The number of carboxylic acid groups (broad SMARTS) is 1. The second-order valence-corrected chi connectivity index (χ2v) is 12.8. The minimum absolute atomic E-state index is 0.0556. The Balaban J connectivity index is 1.65. The van der Waals surface area contributed by atoms with E-state index in [9.17, 15) is 9.90 Å². The maximum Gasteiger partial charge on any atom is 0.303 e. The zero-order chi connectivity index (χ0) is 32.3. The number of aromatic amines is 1. The molecule has 3 fully saturated rings. The van der Waals surface area contributed by atoms with Crippen LogP contribution in [-0.4, -0.2) is 129 Å². The van der Waals surface area contributed by atoms with Gasteiger partial charge in [-0.15, -0.1) is 5.10 Å². The number of hydrogen-bond donors (Lipinski definition) is 3. The standard InChI is InChI=1S/C31H44N14O2/c1-30(11-10-24(46)47)25(26-33-12-8-13-34-26)27(41-18-4-2-5-19-41)44(29-37-39-40-38-29)31(28-35-14-9-15-36-28,42-22-16-32-17-23-42)45(30)43-20-6-3-7-21-43/h8-9,12-15,32H,2-7,10-11,16-23H2,1H3,(H,46,47)(H,37,38,39,40). The minimum Gasteiger partial charge on any atom is -0.481 e. The van der Waals surface area contributed by atoms with E-state index in [-0.39, 0.29) is 6.42 Å². The van der Waals surface area contributed by atoms with Gasteiger partial charge in [0, 0.05) is 83.6 Å². The summed E-state index contributed by atoms with van der Waals surface area (Å²) in [5.41, 5.74) is -0.105. The number of piperidine rings is 2. The number of piperazine rings is 1. The fourth-order valence-corrected chi connectivity index (χ4v) is 7.93. The van der Waals surface area contributed by atoms with Crippen molar-refractivity contribution in [2.75, 3.05) is 57.3 Å². The van der Waals surface area contributed by atoms with Crippen molar-refractivity contribution in [2.45, 2.75) is 69.6 Å². The van der Waals surface area contributed by atoms with Gasteiger partial charge in [-0.05, 0) is 62.8 Å². The smallest absolute Gasteiger partial charge is 0.303 e. The van der Waals surface area contributed by atoms with Crippen LogP contribution in [0.3, 0.4) is 0 Å². The fourth-order valence-electron chi connectivity index (χ4n) is 7.93. The van der Waals surface area contributed by atoms with E-state index in [1.165, 1.54) is 0 Å². The van der Waals surface area contributed by atoms with Crippen LogP contribution >= 0.6 is 0 Å². The number of rotatable bonds is 9. The Morgan fingerprint density at radius 2 is 1.51 bits per heavy atom. The number of H-pyrrole nitrogens is 1. The van der Waals surface area contributed by atoms with Crippen molar-refractivity contribution in [3.05, 3.63) is 54.4 Å². The van der Waals surface area contributed by atoms with Crippen LogP contribution in [0.15, 0.2) is 42.7 Å². The van der Waals surface area contributed by atoms with Crippen LogP contribution in [0.25, 0.3) is 5.57 Å². The van der Waals surface area contributed by atoms with E-state index >= 15 is 0 Å². The summed E-state index contributed by atoms with van der Waals surface area (Å²) in [4.78, 5) is 39.3. The summed E-state index contributed by atoms with van der Waals surface area (Å²) in [5.74, 6) is 0.238. The number of anilines is 1. The Hall–Kier alpha value is -4.12. The summed E-state index contributed by atoms with van der Waals surface area (Å²) < 4.78 is 0. The number of hydrogen-bond acceptors (Lipinski definition) is 14. The molecule has 0 radical (unpaired) electrons. The Kier molecular flexibility index (Phi) is 9.07. The van der Waals surface area contributed by atoms with Gasteiger partial charge < -0.3 is 15.3 Å². The highest BCUT2D eigenvalue weighted by Crippen LogP contribution is 2.55. The van der Waals surface area contributed by atoms with E-state index in [0.717, 1.165) is 89.2 Å². The van der Waals surface area contributed by atoms with Gasteiger partial charge >= 0.3 is 5.97 Å². The van der Waals surface area contributed by atoms with E-state index in [4.69, 9.17) is 19.9 Å². The van der Waals surface area contributed by atoms with E-state index in [0.29, 0.717) is 37.1 Å². The fraction of sp³-hybridized carbons (Fsp3) is 0.613. The zero-order valence-electron chi connectivity index (χ0n) is 27.0. The molecule has 0 bridgehead atoms. The number of tetrazole rings is 1. The number of hydrazine groups is 1. The molecule has 0 spiro atoms. The summed E-state index contributed by atoms with van der Waals surface area (Å²) >= 11 is 0. The molecule has 7 heterocycles. The van der Waals surface area contributed by atoms with Gasteiger partial charge in [0.15, 0.2) is 11.6 Å². The molecule has 0 amide bonds. The average molecular weight is 645 g/mol. The SMILES string of the molecule is CC1(CCC(=O)O)C(c2ncccn2)=C(N2CCCCC2)N(c2nn[nH]n2)C(c2ncccn2)(N2CCNCC2)N1N1CCCCC1. The molecule has 3 aromatic rings. The highest BCUT2D eigenvalue weighted by atomic mass is 16.4. The zero-order valence-corrected chi connectivity index (χ0v) is 27.0. The second kappa shape index (κ2) is 13.5. The van der Waals surface area contributed by atoms with Crippen molar-refractivity contribution in [3.8, 4) is 0 Å². The molecule has 16 nitrogen and oxygen atoms in total. The number of nitrogens with zero attached hydrogens (tertiary/aromatic N) is 12. The van der Waals surface area contributed by atoms with Gasteiger partial charge in [0.05, 0.1) is 11.1 Å². The lowest BCUT2D eigenvalue weighted by Crippen LogP contribution is -2.81. The van der Waals surface area contributed by atoms with Crippen molar-refractivity contribution in [2.24, 2.45) is 0 Å². The predicted molar refractivity (Wildman–Crippen MR) is 172 cm³/mol. The molecule has 3 saturated heterocycles. The van der Waals surface area contributed by atoms with Crippen LogP contribution in [0.1, 0.15) is 69.9 Å². The van der Waals surface area contributed by atoms with Gasteiger partial charge in [0.25, 0.3) is 5.95 Å². The lowest BCUT2D eigenvalue weighted by molar-refractivity contribution is -0.240. The van der Waals surface area contributed by atoms with Crippen LogP contribution in [0, 0.1) is 0 Å². The van der Waals surface area contributed by atoms with Gasteiger partial charge in [-0.3, -0.25) is 14.6 Å². The molecule has 4 aliphatic rings. The molecule has 7 rings (SSSR count). The molecule has 0 aromatic carbocycles. The van der Waals surface area contributed by atoms with Crippen LogP contribution in [0.4, 0.5) is 5.95 Å². The van der Waals surface area contributed by atoms with Crippen molar-refractivity contribution in [3.63, 3.8) is 0 Å². The third kappa shape index (κ3) is 5.62. The summed E-state index contributed by atoms with van der Waals surface area (Å²) in [5, 5.41) is 34.7. The van der Waals surface area contributed by atoms with E-state index in [1.54, 1.807) is 24.8 Å². The number of aromatic nitrogens is 8. The number of aliphatic carboxylic acids is 1. The van der Waals surface area contributed by atoms with Gasteiger partial charge in [0.1, 0.15) is 5.82 Å². The number of carbonyl (C=O) groups is 1. The van der Waals surface area contributed by atoms with Crippen LogP contribution in [-0.2, 0) is 10.6 Å². The highest BCUT2D eigenvalue weighted by Gasteiger charge is 2.66. The van der Waals surface area contributed by atoms with E-state index in [1.807, 2.05) is 12.1 Å². The highest BCUT2D eigenvalue weighted by molar-refractivity contribution is 5.78. The largest absolute Gasteiger partial charge is 0.481 e. The molecule has 16 heteroatoms. The van der Waals surface area contributed by atoms with Crippen LogP contribution < -0.4 is 10.2 Å². The first kappa shape index (κ1) is 31.5. The molecule has 250 valence electrons. The molecule has 2 unspecified atom stereocenters. The molecule has 47 heavy (non-hydrogen) atoms. The van der Waals surface area contributed by atoms with Crippen molar-refractivity contribution >= 4 is 17.5 Å². The lowest BCUT2D eigenvalue weighted by Gasteiger charge is -2.66. The Morgan fingerprint density at radius 1 is 0.872 bits per heavy atom. The predicted octanol–water partition coefficient (Wildman–Crippen LogP) is 1.50. The summed E-state index contributed by atoms with van der Waals surface area (Å²) in [6, 6.07) is 3.64. The van der Waals surface area contributed by atoms with E-state index in [2.05, 4.69) is 57.6 Å². The molecular formula is C31H44N14O2. The van der Waals surface area contributed by atoms with Gasteiger partial charge in [0.2, 0.25) is 5.79 Å². The third-order valence-corrected chi connectivity index (χ3v) is 9.89. The Morgan fingerprint density at radius 3 is 2.13 bits per heavy atom. The number of nitrogens with one attached hydrogen (secondary N) is 2. The molecule has 4 aliphatic heterocycles. The first-order chi connectivity index (χ1) is 23.0. The van der Waals surface area contributed by atoms with Crippen LogP contribution in [0.2, 0.25) is 0 Å². The minimum atomic E-state index is -1.21. The third-order valence-electron chi connectivity index (χ3n) is 9.89. The van der Waals surface area contributed by atoms with E-state index < -0.39 is 17.3 Å². The van der Waals surface area contributed by atoms with Gasteiger partial charge in [-0.25, -0.2) is 24.9 Å². The molecule has 0 saturated carbocycles. The average Bonchev–Trinajstić information content (AvgIpc) is 3.67. The first-order valence-electron chi connectivity index (χ1n) is 16.9. The molecule has 3 N–H and O–H groups in total. The second-order valence-electron chi connectivity index (χ2n) is 12.8. The molecule has 0 aliphatic carbocycles. The molecule has 2 atom stereocenters. The van der Waals surface area contributed by atoms with Crippen molar-refractivity contribution in [1.82, 2.24) is 65.7 Å². The lowest BCUT2D eigenvalue weighted by atomic mass is 9.80. The quantitative estimate of drug-likeness (QED) is 0.306. The molecular weight excluding hydrogens is 600 g/mol. The summed E-state index contributed by atoms with van der Waals surface area (Å²) in [6.45, 7) is 8.19. The molecule has 3 aromatic heterocycles.